The molecule has 0 saturated carbocycles. The van der Waals surface area contributed by atoms with E-state index in [0.717, 1.165) is 6.42 Å². The molecule has 0 aromatic rings. The van der Waals surface area contributed by atoms with Gasteiger partial charge in [-0.25, -0.2) is 0 Å². The van der Waals surface area contributed by atoms with Crippen molar-refractivity contribution in [1.29, 1.82) is 0 Å². The van der Waals surface area contributed by atoms with Crippen LogP contribution in [0.15, 0.2) is 4.99 Å². The number of unbranched alkanes of at least 4 members (excludes halogenated alkanes) is 1. The van der Waals surface area contributed by atoms with Crippen molar-refractivity contribution in [2.75, 3.05) is 6.54 Å². The van der Waals surface area contributed by atoms with Crippen molar-refractivity contribution in [3.8, 4) is 0 Å². The lowest BCUT2D eigenvalue weighted by molar-refractivity contribution is -0.138. The summed E-state index contributed by atoms with van der Waals surface area (Å²) in [6.07, 6.45) is 1.92. The van der Waals surface area contributed by atoms with Crippen molar-refractivity contribution < 1.29 is 9.90 Å². The maximum atomic E-state index is 10.3. The molecule has 14 heavy (non-hydrogen) atoms. The predicted molar refractivity (Wildman–Crippen MR) is 57.4 cm³/mol. The number of aliphatic carboxylic acids is 1. The largest absolute Gasteiger partial charge is 0.480 e. The Balaban J connectivity index is 0. The number of guanidine groups is 1. The number of carboxylic acids is 1. The van der Waals surface area contributed by atoms with Crippen molar-refractivity contribution in [2.45, 2.75) is 25.3 Å². The van der Waals surface area contributed by atoms with Gasteiger partial charge in [0.2, 0.25) is 0 Å². The van der Waals surface area contributed by atoms with Crippen LogP contribution in [0.1, 0.15) is 19.3 Å². The molecule has 7 N–H and O–H groups in total. The third kappa shape index (κ3) is 9.08. The average Bonchev–Trinajstić information content (AvgIpc) is 2.02. The molecule has 0 aromatic heterocycles. The van der Waals surface area contributed by atoms with E-state index < -0.39 is 12.0 Å². The molecule has 0 aliphatic carbocycles. The van der Waals surface area contributed by atoms with Crippen LogP contribution >= 0.6 is 12.4 Å². The fraction of sp³-hybridized carbons (Fsp3) is 0.714. The highest BCUT2D eigenvalue weighted by atomic mass is 35.5. The van der Waals surface area contributed by atoms with Crippen LogP contribution in [0.4, 0.5) is 0 Å². The van der Waals surface area contributed by atoms with E-state index in [1.54, 1.807) is 0 Å². The Labute approximate surface area is 89.0 Å². The molecule has 6 nitrogen and oxygen atoms in total. The third-order valence-electron chi connectivity index (χ3n) is 1.53. The van der Waals surface area contributed by atoms with Crippen molar-refractivity contribution in [3.63, 3.8) is 0 Å². The van der Waals surface area contributed by atoms with Gasteiger partial charge in [0.05, 0.1) is 0 Å². The SMILES string of the molecule is Cl.[15NH2][13C]([15NH2])=[15N][13CH2][13CH2][13CH2][13CH2][13C@H]([15NH2])[13C](=O)O. The zero-order valence-electron chi connectivity index (χ0n) is 7.85. The lowest BCUT2D eigenvalue weighted by Gasteiger charge is -2.04. The minimum atomic E-state index is -0.971. The summed E-state index contributed by atoms with van der Waals surface area (Å²) in [5.41, 5.74) is 15.5. The molecule has 0 fully saturated rings. The van der Waals surface area contributed by atoms with Gasteiger partial charge >= 0.3 is 5.97 Å². The monoisotopic (exact) mass is 235 g/mol. The van der Waals surface area contributed by atoms with E-state index in [4.69, 9.17) is 22.3 Å². The van der Waals surface area contributed by atoms with Gasteiger partial charge in [0.25, 0.3) is 0 Å². The van der Waals surface area contributed by atoms with E-state index in [1.165, 1.54) is 0 Å². The van der Waals surface area contributed by atoms with Crippen LogP contribution in [-0.4, -0.2) is 29.6 Å². The van der Waals surface area contributed by atoms with Crippen LogP contribution in [0.25, 0.3) is 0 Å². The second-order valence-corrected chi connectivity index (χ2v) is 2.75. The molecule has 0 aliphatic rings. The number of hydrogen-bond donors (Lipinski definition) is 4. The Hall–Kier alpha value is -1.01. The van der Waals surface area contributed by atoms with Gasteiger partial charge in [0.1, 0.15) is 6.04 Å². The lowest BCUT2D eigenvalue weighted by atomic mass is 11.1. The summed E-state index contributed by atoms with van der Waals surface area (Å²) in [4.78, 5) is 14.0. The molecule has 0 amide bonds. The number of carbonyl (C=O) groups is 1. The minimum Gasteiger partial charge on any atom is -0.480 e. The molecule has 1 atom stereocenters. The number of carboxylic acid groups (broad SMARTS) is 1. The molecule has 0 rings (SSSR count). The Kier molecular flexibility index (Phi) is 9.48. The highest BCUT2D eigenvalue weighted by Crippen LogP contribution is 1.99. The molecule has 0 saturated heterocycles. The molecule has 0 unspecified atom stereocenters. The summed E-state index contributed by atoms with van der Waals surface area (Å²) in [6, 6.07) is -0.779. The van der Waals surface area contributed by atoms with Gasteiger partial charge < -0.3 is 22.3 Å². The molecule has 0 aromatic carbocycles. The van der Waals surface area contributed by atoms with Crippen molar-refractivity contribution in [2.24, 2.45) is 22.2 Å². The normalized spacial score (nSPS) is 11.2. The third-order valence-corrected chi connectivity index (χ3v) is 1.53. The van der Waals surface area contributed by atoms with Crippen LogP contribution in [0.2, 0.25) is 0 Å². The van der Waals surface area contributed by atoms with E-state index >= 15 is 0 Å². The summed E-state index contributed by atoms with van der Waals surface area (Å²) < 4.78 is 0. The molecule has 7 heteroatoms. The average molecular weight is 236 g/mol. The first-order valence-electron chi connectivity index (χ1n) is 4.08. The second-order valence-electron chi connectivity index (χ2n) is 2.75. The van der Waals surface area contributed by atoms with Crippen molar-refractivity contribution in [3.05, 3.63) is 0 Å². The topological polar surface area (TPSA) is 128 Å². The van der Waals surface area contributed by atoms with Crippen LogP contribution in [0, 0.1) is 0 Å². The van der Waals surface area contributed by atoms with E-state index in [0.29, 0.717) is 19.4 Å². The fourth-order valence-electron chi connectivity index (χ4n) is 0.808. The molecule has 0 spiro atoms. The molecule has 0 radical (unpaired) electrons. The molecular formula is C7H17ClN4O2. The lowest BCUT2D eigenvalue weighted by Crippen LogP contribution is -2.29. The highest BCUT2D eigenvalue weighted by Gasteiger charge is 2.09. The quantitative estimate of drug-likeness (QED) is 0.159. The first kappa shape index (κ1) is 15.5. The molecule has 84 valence electrons. The Morgan fingerprint density at radius 1 is 1.36 bits per heavy atom. The smallest absolute Gasteiger partial charge is 0.320 e. The minimum absolute atomic E-state index is 0. The van der Waals surface area contributed by atoms with Gasteiger partial charge in [0.15, 0.2) is 5.96 Å². The van der Waals surface area contributed by atoms with E-state index in [1.807, 2.05) is 0 Å². The van der Waals surface area contributed by atoms with Crippen LogP contribution in [-0.2, 0) is 4.79 Å². The van der Waals surface area contributed by atoms with E-state index in [2.05, 4.69) is 4.99 Å². The number of nitrogens with zero attached hydrogens (tertiary/aromatic N) is 1. The summed E-state index contributed by atoms with van der Waals surface area (Å²) in [5.74, 6) is -0.913. The summed E-state index contributed by atoms with van der Waals surface area (Å²) in [7, 11) is 0. The van der Waals surface area contributed by atoms with E-state index in [9.17, 15) is 4.79 Å². The van der Waals surface area contributed by atoms with Gasteiger partial charge in [-0.2, -0.15) is 0 Å². The molecule has 0 heterocycles. The number of nitrogens with two attached hydrogens (primary N) is 3. The van der Waals surface area contributed by atoms with E-state index in [-0.39, 0.29) is 18.4 Å². The van der Waals surface area contributed by atoms with Gasteiger partial charge in [-0.3, -0.25) is 9.79 Å². The Bertz CT molecular complexity index is 194. The zero-order valence-corrected chi connectivity index (χ0v) is 8.67. The molecule has 0 aliphatic heterocycles. The number of aliphatic imine (C=N–C) groups is 1. The maximum Gasteiger partial charge on any atom is 0.320 e. The van der Waals surface area contributed by atoms with Gasteiger partial charge in [-0.15, -0.1) is 12.4 Å². The van der Waals surface area contributed by atoms with Gasteiger partial charge in [-0.05, 0) is 19.3 Å². The predicted octanol–water partition coefficient (Wildman–Crippen LogP) is -0.736. The number of hydrogen-bond acceptors (Lipinski definition) is 3. The maximum absolute atomic E-state index is 10.3. The Morgan fingerprint density at radius 3 is 2.36 bits per heavy atom. The summed E-state index contributed by atoms with van der Waals surface area (Å²) in [5, 5.41) is 8.43. The molecular weight excluding hydrogens is 218 g/mol. The highest BCUT2D eigenvalue weighted by molar-refractivity contribution is 5.85. The first-order chi connectivity index (χ1) is 6.04. The number of rotatable bonds is 6. The fourth-order valence-corrected chi connectivity index (χ4v) is 0.808. The standard InChI is InChI=1S/C7H16N4O2.ClH/c8-5(6(12)13)3-1-2-4-11-7(9)10;/h5H,1-4,8H2,(H,12,13)(H4,9,10,11);1H/t5-;/m0./s1/i1+1,2+1,3+1,4+1,5+1,6+1,7+1,8+1,9+1,10+1,11+1;. The van der Waals surface area contributed by atoms with Crippen LogP contribution in [0.5, 0.6) is 0 Å². The van der Waals surface area contributed by atoms with Gasteiger partial charge in [0, 0.05) is 6.54 Å². The van der Waals surface area contributed by atoms with Crippen molar-refractivity contribution >= 4 is 24.3 Å². The Morgan fingerprint density at radius 2 is 1.93 bits per heavy atom. The van der Waals surface area contributed by atoms with Crippen LogP contribution < -0.4 is 17.2 Å². The molecule has 0 bridgehead atoms. The summed E-state index contributed by atoms with van der Waals surface area (Å²) in [6.45, 7) is 0.522. The van der Waals surface area contributed by atoms with Gasteiger partial charge in [-0.1, -0.05) is 0 Å². The second kappa shape index (κ2) is 8.58. The van der Waals surface area contributed by atoms with Crippen molar-refractivity contribution in [1.82, 2.24) is 0 Å². The summed E-state index contributed by atoms with van der Waals surface area (Å²) >= 11 is 0. The first-order valence-corrected chi connectivity index (χ1v) is 4.08. The number of halogens is 1. The van der Waals surface area contributed by atoms with Crippen LogP contribution in [0.3, 0.4) is 0 Å². The zero-order chi connectivity index (χ0) is 10.3.